The minimum Gasteiger partial charge on any atom is -0.326 e. The summed E-state index contributed by atoms with van der Waals surface area (Å²) in [6, 6.07) is 24.6. The van der Waals surface area contributed by atoms with Crippen LogP contribution in [0.25, 0.3) is 11.1 Å². The molecule has 1 fully saturated rings. The van der Waals surface area contributed by atoms with E-state index in [0.717, 1.165) is 47.1 Å². The van der Waals surface area contributed by atoms with Gasteiger partial charge in [-0.05, 0) is 91.2 Å². The van der Waals surface area contributed by atoms with E-state index < -0.39 is 0 Å². The van der Waals surface area contributed by atoms with Crippen LogP contribution in [0, 0.1) is 5.92 Å². The Bertz CT molecular complexity index is 1020. The molecule has 1 N–H and O–H groups in total. The summed E-state index contributed by atoms with van der Waals surface area (Å²) >= 11 is 5.96. The van der Waals surface area contributed by atoms with Crippen LogP contribution in [0.15, 0.2) is 72.8 Å². The van der Waals surface area contributed by atoms with Crippen molar-refractivity contribution in [1.29, 1.82) is 0 Å². The number of likely N-dealkylation sites (tertiary alicyclic amines) is 1. The topological polar surface area (TPSA) is 32.3 Å². The van der Waals surface area contributed by atoms with Gasteiger partial charge in [0, 0.05) is 23.7 Å². The van der Waals surface area contributed by atoms with E-state index in [0.29, 0.717) is 6.42 Å². The maximum atomic E-state index is 12.4. The summed E-state index contributed by atoms with van der Waals surface area (Å²) in [6.07, 6.45) is 4.91. The van der Waals surface area contributed by atoms with Gasteiger partial charge in [0.05, 0.1) is 0 Å². The summed E-state index contributed by atoms with van der Waals surface area (Å²) in [5.74, 6) is 0.930. The predicted molar refractivity (Wildman–Crippen MR) is 139 cm³/mol. The van der Waals surface area contributed by atoms with Crippen molar-refractivity contribution in [3.8, 4) is 11.1 Å². The fourth-order valence-electron chi connectivity index (χ4n) is 4.35. The summed E-state index contributed by atoms with van der Waals surface area (Å²) in [4.78, 5) is 14.9. The minimum atomic E-state index is 0.0604. The van der Waals surface area contributed by atoms with Crippen LogP contribution in [0.5, 0.6) is 0 Å². The molecular formula is C29H33ClN2O. The molecule has 1 saturated heterocycles. The normalized spacial score (nSPS) is 14.8. The van der Waals surface area contributed by atoms with Crippen molar-refractivity contribution in [2.24, 2.45) is 5.92 Å². The highest BCUT2D eigenvalue weighted by Crippen LogP contribution is 2.23. The van der Waals surface area contributed by atoms with E-state index in [2.05, 4.69) is 41.4 Å². The van der Waals surface area contributed by atoms with E-state index in [-0.39, 0.29) is 5.91 Å². The first kappa shape index (κ1) is 23.5. The van der Waals surface area contributed by atoms with Crippen molar-refractivity contribution in [2.75, 3.05) is 18.4 Å². The van der Waals surface area contributed by atoms with E-state index in [1.165, 1.54) is 37.1 Å². The number of halogens is 1. The van der Waals surface area contributed by atoms with Crippen molar-refractivity contribution in [1.82, 2.24) is 4.90 Å². The molecule has 3 nitrogen and oxygen atoms in total. The number of carbonyl (C=O) groups excluding carboxylic acids is 1. The molecule has 0 aliphatic carbocycles. The van der Waals surface area contributed by atoms with Crippen molar-refractivity contribution in [2.45, 2.75) is 45.6 Å². The minimum absolute atomic E-state index is 0.0604. The molecule has 0 aromatic heterocycles. The maximum absolute atomic E-state index is 12.4. The lowest BCUT2D eigenvalue weighted by Gasteiger charge is -2.30. The Kier molecular flexibility index (Phi) is 8.20. The molecule has 3 aromatic carbocycles. The quantitative estimate of drug-likeness (QED) is 0.385. The molecular weight excluding hydrogens is 428 g/mol. The number of amides is 1. The first-order valence-corrected chi connectivity index (χ1v) is 12.4. The molecule has 3 aromatic rings. The average molecular weight is 461 g/mol. The van der Waals surface area contributed by atoms with Gasteiger partial charge in [-0.15, -0.1) is 0 Å². The van der Waals surface area contributed by atoms with Crippen molar-refractivity contribution < 1.29 is 4.79 Å². The Labute approximate surface area is 202 Å². The first-order valence-electron chi connectivity index (χ1n) is 12.0. The summed E-state index contributed by atoms with van der Waals surface area (Å²) < 4.78 is 0. The Morgan fingerprint density at radius 3 is 2.09 bits per heavy atom. The summed E-state index contributed by atoms with van der Waals surface area (Å²) in [5.41, 5.74) is 5.71. The fraction of sp³-hybridized carbons (Fsp3) is 0.345. The maximum Gasteiger partial charge on any atom is 0.224 e. The molecule has 33 heavy (non-hydrogen) atoms. The number of anilines is 1. The monoisotopic (exact) mass is 460 g/mol. The first-order chi connectivity index (χ1) is 16.0. The highest BCUT2D eigenvalue weighted by atomic mass is 35.5. The molecule has 0 atom stereocenters. The van der Waals surface area contributed by atoms with E-state index in [1.54, 1.807) is 0 Å². The lowest BCUT2D eigenvalue weighted by atomic mass is 9.98. The number of nitrogens with one attached hydrogen (secondary N) is 1. The van der Waals surface area contributed by atoms with Crippen molar-refractivity contribution in [3.05, 3.63) is 88.9 Å². The number of carbonyl (C=O) groups is 1. The molecule has 172 valence electrons. The molecule has 0 radical (unpaired) electrons. The summed E-state index contributed by atoms with van der Waals surface area (Å²) in [6.45, 7) is 5.82. The molecule has 0 spiro atoms. The third kappa shape index (κ3) is 7.18. The molecule has 0 unspecified atom stereocenters. The second-order valence-electron chi connectivity index (χ2n) is 9.26. The van der Waals surface area contributed by atoms with Gasteiger partial charge in [0.1, 0.15) is 0 Å². The molecule has 4 heteroatoms. The van der Waals surface area contributed by atoms with Crippen LogP contribution in [-0.4, -0.2) is 23.9 Å². The van der Waals surface area contributed by atoms with Crippen LogP contribution >= 0.6 is 11.6 Å². The Morgan fingerprint density at radius 1 is 0.879 bits per heavy atom. The number of hydrogen-bond acceptors (Lipinski definition) is 2. The SMILES string of the molecule is CC1CCN(Cc2ccc(CCCC(=O)Nc3ccc(-c4ccc(Cl)cc4)cc3)cc2)CC1. The number of aryl methyl sites for hydroxylation is 1. The lowest BCUT2D eigenvalue weighted by Crippen LogP contribution is -2.32. The summed E-state index contributed by atoms with van der Waals surface area (Å²) in [7, 11) is 0. The Balaban J connectivity index is 1.19. The van der Waals surface area contributed by atoms with Gasteiger partial charge in [-0.3, -0.25) is 9.69 Å². The van der Waals surface area contributed by atoms with E-state index in [9.17, 15) is 4.79 Å². The third-order valence-electron chi connectivity index (χ3n) is 6.52. The van der Waals surface area contributed by atoms with Gasteiger partial charge in [0.15, 0.2) is 0 Å². The highest BCUT2D eigenvalue weighted by Gasteiger charge is 2.15. The lowest BCUT2D eigenvalue weighted by molar-refractivity contribution is -0.116. The number of hydrogen-bond donors (Lipinski definition) is 1. The van der Waals surface area contributed by atoms with Gasteiger partial charge >= 0.3 is 0 Å². The second kappa shape index (κ2) is 11.5. The molecule has 1 aliphatic heterocycles. The highest BCUT2D eigenvalue weighted by molar-refractivity contribution is 6.30. The number of rotatable bonds is 8. The van der Waals surface area contributed by atoms with Gasteiger partial charge in [0.25, 0.3) is 0 Å². The molecule has 1 heterocycles. The number of nitrogens with zero attached hydrogens (tertiary/aromatic N) is 1. The fourth-order valence-corrected chi connectivity index (χ4v) is 4.48. The average Bonchev–Trinajstić information content (AvgIpc) is 2.83. The Hall–Kier alpha value is -2.62. The largest absolute Gasteiger partial charge is 0.326 e. The summed E-state index contributed by atoms with van der Waals surface area (Å²) in [5, 5.41) is 3.74. The van der Waals surface area contributed by atoms with Gasteiger partial charge < -0.3 is 5.32 Å². The molecule has 1 amide bonds. The van der Waals surface area contributed by atoms with E-state index >= 15 is 0 Å². The van der Waals surface area contributed by atoms with Crippen LogP contribution in [0.4, 0.5) is 5.69 Å². The zero-order valence-corrected chi connectivity index (χ0v) is 20.2. The van der Waals surface area contributed by atoms with Crippen LogP contribution < -0.4 is 5.32 Å². The third-order valence-corrected chi connectivity index (χ3v) is 6.77. The van der Waals surface area contributed by atoms with E-state index in [4.69, 9.17) is 11.6 Å². The zero-order chi connectivity index (χ0) is 23.0. The number of piperidine rings is 1. The van der Waals surface area contributed by atoms with Gasteiger partial charge in [-0.2, -0.15) is 0 Å². The molecule has 0 saturated carbocycles. The molecule has 1 aliphatic rings. The molecule has 0 bridgehead atoms. The van der Waals surface area contributed by atoms with Crippen LogP contribution in [-0.2, 0) is 17.8 Å². The smallest absolute Gasteiger partial charge is 0.224 e. The zero-order valence-electron chi connectivity index (χ0n) is 19.4. The van der Waals surface area contributed by atoms with E-state index in [1.807, 2.05) is 48.5 Å². The van der Waals surface area contributed by atoms with Crippen molar-refractivity contribution >= 4 is 23.2 Å². The van der Waals surface area contributed by atoms with Gasteiger partial charge in [-0.25, -0.2) is 0 Å². The van der Waals surface area contributed by atoms with Crippen LogP contribution in [0.1, 0.15) is 43.7 Å². The van der Waals surface area contributed by atoms with Gasteiger partial charge in [-0.1, -0.05) is 67.1 Å². The standard InChI is InChI=1S/C29H33ClN2O/c1-22-17-19-32(20-18-22)21-24-7-5-23(6-8-24)3-2-4-29(33)31-28-15-11-26(12-16-28)25-9-13-27(30)14-10-25/h5-16,22H,2-4,17-21H2,1H3,(H,31,33). The van der Waals surface area contributed by atoms with Crippen LogP contribution in [0.3, 0.4) is 0 Å². The Morgan fingerprint density at radius 2 is 1.45 bits per heavy atom. The second-order valence-corrected chi connectivity index (χ2v) is 9.70. The van der Waals surface area contributed by atoms with Gasteiger partial charge in [0.2, 0.25) is 5.91 Å². The predicted octanol–water partition coefficient (Wildman–Crippen LogP) is 7.20. The number of benzene rings is 3. The molecule has 4 rings (SSSR count). The van der Waals surface area contributed by atoms with Crippen molar-refractivity contribution in [3.63, 3.8) is 0 Å². The van der Waals surface area contributed by atoms with Crippen LogP contribution in [0.2, 0.25) is 5.02 Å².